The molecule has 5 nitrogen and oxygen atoms in total. The van der Waals surface area contributed by atoms with E-state index in [4.69, 9.17) is 26.1 Å². The lowest BCUT2D eigenvalue weighted by Gasteiger charge is -2.17. The summed E-state index contributed by atoms with van der Waals surface area (Å²) in [7, 11) is 1.62. The summed E-state index contributed by atoms with van der Waals surface area (Å²) in [5, 5.41) is 1.32. The van der Waals surface area contributed by atoms with Gasteiger partial charge in [-0.05, 0) is 95.2 Å². The Morgan fingerprint density at radius 3 is 2.58 bits per heavy atom. The predicted octanol–water partition coefficient (Wildman–Crippen LogP) is 6.61. The molecular weight excluding hydrogens is 547 g/mol. The molecule has 0 aliphatic carbocycles. The maximum Gasteiger partial charge on any atom is 0.266 e. The minimum atomic E-state index is -0.0461. The predicted molar refractivity (Wildman–Crippen MR) is 138 cm³/mol. The fourth-order valence-corrected chi connectivity index (χ4v) is 5.01. The van der Waals surface area contributed by atoms with Crippen molar-refractivity contribution in [1.29, 1.82) is 0 Å². The van der Waals surface area contributed by atoms with Gasteiger partial charge >= 0.3 is 0 Å². The first kappa shape index (κ1) is 23.9. The van der Waals surface area contributed by atoms with Gasteiger partial charge in [0.2, 0.25) is 0 Å². The molecule has 1 aliphatic rings. The highest BCUT2D eigenvalue weighted by Crippen LogP contribution is 2.38. The number of halogens is 2. The van der Waals surface area contributed by atoms with Gasteiger partial charge in [-0.1, -0.05) is 25.4 Å². The number of hydrogen-bond acceptors (Lipinski definition) is 5. The number of thioether (sulfide) groups is 1. The van der Waals surface area contributed by atoms with Gasteiger partial charge in [0.1, 0.15) is 0 Å². The zero-order valence-corrected chi connectivity index (χ0v) is 21.5. The average molecular weight is 571 g/mol. The standard InChI is InChI=1S/C23H24ClIN2O3S/c1-5-30-19-11-15(10-18(25)21(19)29-4)12-20-22(28)27(13-14(2)3)23(31-20)26-17-8-6-16(24)7-9-17/h6-12,14H,5,13H2,1-4H3/b20-12-,26-23?. The maximum absolute atomic E-state index is 13.2. The van der Waals surface area contributed by atoms with E-state index in [1.54, 1.807) is 24.1 Å². The lowest BCUT2D eigenvalue weighted by molar-refractivity contribution is -0.122. The van der Waals surface area contributed by atoms with Gasteiger partial charge in [0.15, 0.2) is 16.7 Å². The Kier molecular flexibility index (Phi) is 8.30. The normalized spacial score (nSPS) is 16.6. The molecule has 2 aromatic carbocycles. The molecule has 0 radical (unpaired) electrons. The van der Waals surface area contributed by atoms with Gasteiger partial charge in [0, 0.05) is 11.6 Å². The molecule has 0 spiro atoms. The lowest BCUT2D eigenvalue weighted by Crippen LogP contribution is -2.32. The van der Waals surface area contributed by atoms with Crippen molar-refractivity contribution in [3.63, 3.8) is 0 Å². The van der Waals surface area contributed by atoms with E-state index in [2.05, 4.69) is 36.4 Å². The summed E-state index contributed by atoms with van der Waals surface area (Å²) in [6.07, 6.45) is 1.88. The van der Waals surface area contributed by atoms with Crippen LogP contribution in [0.2, 0.25) is 5.02 Å². The van der Waals surface area contributed by atoms with Crippen molar-refractivity contribution in [3.05, 3.63) is 55.5 Å². The van der Waals surface area contributed by atoms with Crippen LogP contribution >= 0.6 is 46.0 Å². The van der Waals surface area contributed by atoms with Gasteiger partial charge in [-0.3, -0.25) is 9.69 Å². The molecule has 0 aromatic heterocycles. The van der Waals surface area contributed by atoms with E-state index in [9.17, 15) is 4.79 Å². The molecule has 0 N–H and O–H groups in total. The Balaban J connectivity index is 1.99. The summed E-state index contributed by atoms with van der Waals surface area (Å²) in [6, 6.07) is 11.1. The summed E-state index contributed by atoms with van der Waals surface area (Å²) in [5.41, 5.74) is 1.63. The highest BCUT2D eigenvalue weighted by atomic mass is 127. The summed E-state index contributed by atoms with van der Waals surface area (Å²) in [5.74, 6) is 1.62. The molecule has 31 heavy (non-hydrogen) atoms. The Bertz CT molecular complexity index is 1020. The van der Waals surface area contributed by atoms with E-state index in [0.717, 1.165) is 14.8 Å². The number of hydrogen-bond donors (Lipinski definition) is 0. The fourth-order valence-electron chi connectivity index (χ4n) is 3.03. The number of benzene rings is 2. The molecular formula is C23H24ClIN2O3S. The van der Waals surface area contributed by atoms with Crippen LogP contribution in [0.4, 0.5) is 5.69 Å². The highest BCUT2D eigenvalue weighted by Gasteiger charge is 2.33. The molecule has 0 saturated carbocycles. The molecule has 1 heterocycles. The Morgan fingerprint density at radius 1 is 1.26 bits per heavy atom. The van der Waals surface area contributed by atoms with Crippen LogP contribution in [0.25, 0.3) is 6.08 Å². The third-order valence-corrected chi connectivity index (χ3v) is 6.38. The van der Waals surface area contributed by atoms with Crippen LogP contribution in [0, 0.1) is 9.49 Å². The summed E-state index contributed by atoms with van der Waals surface area (Å²) in [4.78, 5) is 20.3. The molecule has 8 heteroatoms. The highest BCUT2D eigenvalue weighted by molar-refractivity contribution is 14.1. The third kappa shape index (κ3) is 5.96. The van der Waals surface area contributed by atoms with Crippen molar-refractivity contribution in [2.24, 2.45) is 10.9 Å². The summed E-state index contributed by atoms with van der Waals surface area (Å²) in [6.45, 7) is 7.22. The van der Waals surface area contributed by atoms with Crippen LogP contribution in [0.5, 0.6) is 11.5 Å². The first-order valence-corrected chi connectivity index (χ1v) is 12.2. The number of ether oxygens (including phenoxy) is 2. The summed E-state index contributed by atoms with van der Waals surface area (Å²) >= 11 is 9.58. The molecule has 1 fully saturated rings. The molecule has 0 atom stereocenters. The molecule has 0 unspecified atom stereocenters. The number of amidine groups is 1. The molecule has 1 saturated heterocycles. The Labute approximate surface area is 206 Å². The lowest BCUT2D eigenvalue weighted by atomic mass is 10.1. The number of aliphatic imine (C=N–C) groups is 1. The van der Waals surface area contributed by atoms with Crippen molar-refractivity contribution in [3.8, 4) is 11.5 Å². The number of amides is 1. The second-order valence-electron chi connectivity index (χ2n) is 7.26. The number of nitrogens with zero attached hydrogens (tertiary/aromatic N) is 2. The second kappa shape index (κ2) is 10.7. The molecule has 3 rings (SSSR count). The third-order valence-electron chi connectivity index (χ3n) is 4.32. The van der Waals surface area contributed by atoms with E-state index in [0.29, 0.717) is 45.7 Å². The van der Waals surface area contributed by atoms with Crippen molar-refractivity contribution in [2.45, 2.75) is 20.8 Å². The largest absolute Gasteiger partial charge is 0.492 e. The zero-order valence-electron chi connectivity index (χ0n) is 17.8. The van der Waals surface area contributed by atoms with Gasteiger partial charge < -0.3 is 9.47 Å². The number of rotatable bonds is 7. The summed E-state index contributed by atoms with van der Waals surface area (Å²) < 4.78 is 12.1. The maximum atomic E-state index is 13.2. The van der Waals surface area contributed by atoms with E-state index < -0.39 is 0 Å². The number of methoxy groups -OCH3 is 1. The minimum absolute atomic E-state index is 0.0461. The van der Waals surface area contributed by atoms with Crippen LogP contribution in [0.3, 0.4) is 0 Å². The van der Waals surface area contributed by atoms with Crippen molar-refractivity contribution < 1.29 is 14.3 Å². The fraction of sp³-hybridized carbons (Fsp3) is 0.304. The van der Waals surface area contributed by atoms with Crippen LogP contribution in [0.15, 0.2) is 46.3 Å². The Hall–Kier alpha value is -1.71. The molecule has 2 aromatic rings. The van der Waals surface area contributed by atoms with Gasteiger partial charge in [-0.2, -0.15) is 0 Å². The first-order chi connectivity index (χ1) is 14.8. The van der Waals surface area contributed by atoms with Crippen LogP contribution in [-0.2, 0) is 4.79 Å². The Morgan fingerprint density at radius 2 is 1.97 bits per heavy atom. The first-order valence-electron chi connectivity index (χ1n) is 9.88. The monoisotopic (exact) mass is 570 g/mol. The van der Waals surface area contributed by atoms with Crippen molar-refractivity contribution >= 4 is 68.8 Å². The quantitative estimate of drug-likeness (QED) is 0.278. The smallest absolute Gasteiger partial charge is 0.266 e. The van der Waals surface area contributed by atoms with E-state index in [-0.39, 0.29) is 5.91 Å². The number of carbonyl (C=O) groups is 1. The van der Waals surface area contributed by atoms with E-state index in [1.807, 2.05) is 37.3 Å². The van der Waals surface area contributed by atoms with Gasteiger partial charge in [0.25, 0.3) is 5.91 Å². The average Bonchev–Trinajstić information content (AvgIpc) is 2.98. The number of carbonyl (C=O) groups excluding carboxylic acids is 1. The minimum Gasteiger partial charge on any atom is -0.492 e. The second-order valence-corrected chi connectivity index (χ2v) is 9.87. The molecule has 0 bridgehead atoms. The van der Waals surface area contributed by atoms with Crippen molar-refractivity contribution in [1.82, 2.24) is 4.90 Å². The SMILES string of the molecule is CCOc1cc(/C=C2\SC(=Nc3ccc(Cl)cc3)N(CC(C)C)C2=O)cc(I)c1OC. The van der Waals surface area contributed by atoms with E-state index >= 15 is 0 Å². The zero-order chi connectivity index (χ0) is 22.5. The van der Waals surface area contributed by atoms with Gasteiger partial charge in [-0.25, -0.2) is 4.99 Å². The van der Waals surface area contributed by atoms with Crippen molar-refractivity contribution in [2.75, 3.05) is 20.3 Å². The molecule has 1 amide bonds. The van der Waals surface area contributed by atoms with Crippen LogP contribution in [0.1, 0.15) is 26.3 Å². The van der Waals surface area contributed by atoms with Crippen LogP contribution in [-0.4, -0.2) is 36.2 Å². The van der Waals surface area contributed by atoms with E-state index in [1.165, 1.54) is 11.8 Å². The van der Waals surface area contributed by atoms with Crippen LogP contribution < -0.4 is 9.47 Å². The molecule has 1 aliphatic heterocycles. The molecule has 164 valence electrons. The van der Waals surface area contributed by atoms with Gasteiger partial charge in [0.05, 0.1) is 27.9 Å². The topological polar surface area (TPSA) is 51.1 Å². The van der Waals surface area contributed by atoms with Gasteiger partial charge in [-0.15, -0.1) is 0 Å².